The summed E-state index contributed by atoms with van der Waals surface area (Å²) in [4.78, 5) is 12.3. The lowest BCUT2D eigenvalue weighted by atomic mass is 10.1. The summed E-state index contributed by atoms with van der Waals surface area (Å²) in [5.74, 6) is -0.468. The molecule has 1 aromatic carbocycles. The summed E-state index contributed by atoms with van der Waals surface area (Å²) in [5, 5.41) is 4.00. The van der Waals surface area contributed by atoms with E-state index in [9.17, 15) is 9.18 Å². The molecule has 5 nitrogen and oxygen atoms in total. The SMILES string of the molecule is NC(=S)c1cc(Cn2ccn3nccc3c2=O)ccc1F. The minimum absolute atomic E-state index is 0.00654. The Bertz CT molecular complexity index is 899. The van der Waals surface area contributed by atoms with Crippen LogP contribution in [0.25, 0.3) is 5.52 Å². The van der Waals surface area contributed by atoms with Crippen molar-refractivity contribution in [3.8, 4) is 0 Å². The predicted molar refractivity (Wildman–Crippen MR) is 80.8 cm³/mol. The van der Waals surface area contributed by atoms with Crippen LogP contribution in [0.4, 0.5) is 4.39 Å². The number of benzene rings is 1. The molecule has 0 aliphatic carbocycles. The van der Waals surface area contributed by atoms with Gasteiger partial charge in [-0.15, -0.1) is 0 Å². The maximum atomic E-state index is 13.6. The zero-order valence-corrected chi connectivity index (χ0v) is 11.7. The summed E-state index contributed by atoms with van der Waals surface area (Å²) in [5.41, 5.74) is 6.71. The van der Waals surface area contributed by atoms with E-state index in [0.29, 0.717) is 12.1 Å². The first-order chi connectivity index (χ1) is 10.1. The summed E-state index contributed by atoms with van der Waals surface area (Å²) < 4.78 is 16.6. The fraction of sp³-hybridized carbons (Fsp3) is 0.0714. The Hall–Kier alpha value is -2.54. The summed E-state index contributed by atoms with van der Waals surface area (Å²) in [6.45, 7) is 0.302. The number of hydrogen-bond acceptors (Lipinski definition) is 3. The van der Waals surface area contributed by atoms with Crippen molar-refractivity contribution in [2.75, 3.05) is 0 Å². The van der Waals surface area contributed by atoms with Gasteiger partial charge in [-0.2, -0.15) is 5.10 Å². The molecule has 0 saturated carbocycles. The van der Waals surface area contributed by atoms with Crippen LogP contribution >= 0.6 is 12.2 Å². The average molecular weight is 302 g/mol. The second-order valence-corrected chi connectivity index (χ2v) is 5.01. The van der Waals surface area contributed by atoms with Crippen LogP contribution in [0.2, 0.25) is 0 Å². The van der Waals surface area contributed by atoms with Gasteiger partial charge in [0, 0.05) is 18.0 Å². The third-order valence-corrected chi connectivity index (χ3v) is 3.41. The molecule has 0 saturated heterocycles. The van der Waals surface area contributed by atoms with Gasteiger partial charge in [0.1, 0.15) is 16.3 Å². The molecule has 0 fully saturated rings. The molecule has 106 valence electrons. The van der Waals surface area contributed by atoms with E-state index in [0.717, 1.165) is 5.56 Å². The minimum Gasteiger partial charge on any atom is -0.389 e. The number of thiocarbonyl (C=S) groups is 1. The zero-order valence-electron chi connectivity index (χ0n) is 10.9. The first-order valence-electron chi connectivity index (χ1n) is 6.17. The molecule has 7 heteroatoms. The van der Waals surface area contributed by atoms with Crippen molar-refractivity contribution in [1.82, 2.24) is 14.2 Å². The van der Waals surface area contributed by atoms with Crippen molar-refractivity contribution in [3.05, 3.63) is 70.2 Å². The molecule has 0 aliphatic heterocycles. The van der Waals surface area contributed by atoms with Crippen LogP contribution in [0.15, 0.2) is 47.7 Å². The maximum absolute atomic E-state index is 13.6. The molecule has 3 rings (SSSR count). The monoisotopic (exact) mass is 302 g/mol. The number of nitrogens with two attached hydrogens (primary N) is 1. The molecule has 0 atom stereocenters. The average Bonchev–Trinajstić information content (AvgIpc) is 2.93. The van der Waals surface area contributed by atoms with Crippen LogP contribution in [-0.2, 0) is 6.54 Å². The van der Waals surface area contributed by atoms with Crippen molar-refractivity contribution >= 4 is 22.7 Å². The Kier molecular flexibility index (Phi) is 3.26. The van der Waals surface area contributed by atoms with E-state index >= 15 is 0 Å². The standard InChI is InChI=1S/C14H11FN4OS/c15-11-2-1-9(7-10(11)13(16)21)8-18-5-6-19-12(14(18)20)3-4-17-19/h1-7H,8H2,(H2,16,21). The third-order valence-electron chi connectivity index (χ3n) is 3.19. The van der Waals surface area contributed by atoms with Gasteiger partial charge >= 0.3 is 0 Å². The van der Waals surface area contributed by atoms with E-state index < -0.39 is 5.82 Å². The Morgan fingerprint density at radius 2 is 2.14 bits per heavy atom. The second-order valence-electron chi connectivity index (χ2n) is 4.57. The molecule has 0 spiro atoms. The van der Waals surface area contributed by atoms with Crippen LogP contribution in [0.3, 0.4) is 0 Å². The van der Waals surface area contributed by atoms with Gasteiger partial charge in [0.15, 0.2) is 0 Å². The molecule has 0 aliphatic rings. The normalized spacial score (nSPS) is 10.9. The Labute approximate surface area is 124 Å². The zero-order chi connectivity index (χ0) is 15.0. The van der Waals surface area contributed by atoms with Crippen LogP contribution in [0.5, 0.6) is 0 Å². The summed E-state index contributed by atoms with van der Waals surface area (Å²) in [6, 6.07) is 6.10. The highest BCUT2D eigenvalue weighted by Gasteiger charge is 2.08. The van der Waals surface area contributed by atoms with Gasteiger partial charge in [0.25, 0.3) is 5.56 Å². The fourth-order valence-electron chi connectivity index (χ4n) is 2.14. The van der Waals surface area contributed by atoms with Gasteiger partial charge in [-0.3, -0.25) is 4.79 Å². The smallest absolute Gasteiger partial charge is 0.276 e. The highest BCUT2D eigenvalue weighted by atomic mass is 32.1. The molecule has 2 N–H and O–H groups in total. The molecular formula is C14H11FN4OS. The van der Waals surface area contributed by atoms with Gasteiger partial charge in [-0.05, 0) is 23.8 Å². The highest BCUT2D eigenvalue weighted by Crippen LogP contribution is 2.11. The van der Waals surface area contributed by atoms with Gasteiger partial charge in [0.05, 0.1) is 12.7 Å². The highest BCUT2D eigenvalue weighted by molar-refractivity contribution is 7.80. The predicted octanol–water partition coefficient (Wildman–Crippen LogP) is 1.32. The number of aromatic nitrogens is 3. The molecule has 0 radical (unpaired) electrons. The first kappa shape index (κ1) is 13.4. The van der Waals surface area contributed by atoms with E-state index in [1.807, 2.05) is 0 Å². The molecular weight excluding hydrogens is 291 g/mol. The topological polar surface area (TPSA) is 65.3 Å². The minimum atomic E-state index is -0.468. The molecule has 2 heterocycles. The van der Waals surface area contributed by atoms with E-state index in [1.165, 1.54) is 15.1 Å². The fourth-order valence-corrected chi connectivity index (χ4v) is 2.30. The quantitative estimate of drug-likeness (QED) is 0.741. The second kappa shape index (κ2) is 5.10. The largest absolute Gasteiger partial charge is 0.389 e. The molecule has 0 amide bonds. The van der Waals surface area contributed by atoms with E-state index in [1.54, 1.807) is 36.8 Å². The van der Waals surface area contributed by atoms with Crippen molar-refractivity contribution in [3.63, 3.8) is 0 Å². The third kappa shape index (κ3) is 2.43. The van der Waals surface area contributed by atoms with Gasteiger partial charge in [0.2, 0.25) is 0 Å². The Morgan fingerprint density at radius 1 is 1.33 bits per heavy atom. The number of halogens is 1. The molecule has 3 aromatic rings. The van der Waals surface area contributed by atoms with Crippen LogP contribution < -0.4 is 11.3 Å². The maximum Gasteiger partial charge on any atom is 0.276 e. The van der Waals surface area contributed by atoms with Crippen molar-refractivity contribution in [1.29, 1.82) is 0 Å². The lowest BCUT2D eigenvalue weighted by molar-refractivity contribution is 0.623. The number of nitrogens with zero attached hydrogens (tertiary/aromatic N) is 3. The summed E-state index contributed by atoms with van der Waals surface area (Å²) in [7, 11) is 0. The van der Waals surface area contributed by atoms with Crippen molar-refractivity contribution in [2.24, 2.45) is 5.73 Å². The lowest BCUT2D eigenvalue weighted by Gasteiger charge is -2.08. The summed E-state index contributed by atoms with van der Waals surface area (Å²) in [6.07, 6.45) is 4.88. The Morgan fingerprint density at radius 3 is 2.90 bits per heavy atom. The first-order valence-corrected chi connectivity index (χ1v) is 6.58. The molecule has 0 unspecified atom stereocenters. The van der Waals surface area contributed by atoms with Crippen LogP contribution in [0.1, 0.15) is 11.1 Å². The number of fused-ring (bicyclic) bond motifs is 1. The molecule has 2 aromatic heterocycles. The number of hydrogen-bond donors (Lipinski definition) is 1. The number of rotatable bonds is 3. The van der Waals surface area contributed by atoms with Crippen LogP contribution in [0, 0.1) is 5.82 Å². The van der Waals surface area contributed by atoms with Crippen molar-refractivity contribution < 1.29 is 4.39 Å². The van der Waals surface area contributed by atoms with Crippen LogP contribution in [-0.4, -0.2) is 19.2 Å². The van der Waals surface area contributed by atoms with Gasteiger partial charge < -0.3 is 10.3 Å². The lowest BCUT2D eigenvalue weighted by Crippen LogP contribution is -2.22. The Balaban J connectivity index is 2.02. The van der Waals surface area contributed by atoms with Gasteiger partial charge in [-0.1, -0.05) is 18.3 Å². The molecule has 0 bridgehead atoms. The van der Waals surface area contributed by atoms with E-state index in [-0.39, 0.29) is 16.1 Å². The van der Waals surface area contributed by atoms with Gasteiger partial charge in [-0.25, -0.2) is 8.91 Å². The van der Waals surface area contributed by atoms with E-state index in [2.05, 4.69) is 5.10 Å². The van der Waals surface area contributed by atoms with Crippen molar-refractivity contribution in [2.45, 2.75) is 6.54 Å². The summed E-state index contributed by atoms with van der Waals surface area (Å²) >= 11 is 4.81. The van der Waals surface area contributed by atoms with E-state index in [4.69, 9.17) is 18.0 Å². The molecule has 21 heavy (non-hydrogen) atoms.